The van der Waals surface area contributed by atoms with Crippen molar-refractivity contribution in [1.82, 2.24) is 10.2 Å². The van der Waals surface area contributed by atoms with Crippen LogP contribution in [-0.4, -0.2) is 37.6 Å². The van der Waals surface area contributed by atoms with Crippen molar-refractivity contribution in [3.05, 3.63) is 34.3 Å². The van der Waals surface area contributed by atoms with Gasteiger partial charge in [-0.3, -0.25) is 0 Å². The number of halogens is 1. The Hall–Kier alpha value is -0.380. The van der Waals surface area contributed by atoms with Gasteiger partial charge in [-0.1, -0.05) is 41.9 Å². The van der Waals surface area contributed by atoms with Crippen LogP contribution in [0.25, 0.3) is 0 Å². The van der Waals surface area contributed by atoms with Gasteiger partial charge in [0.2, 0.25) is 0 Å². The fraction of sp³-hybridized carbons (Fsp3) is 0.600. The van der Waals surface area contributed by atoms with Gasteiger partial charge in [-0.15, -0.1) is 0 Å². The smallest absolute Gasteiger partial charge is 0.0178 e. The highest BCUT2D eigenvalue weighted by Crippen LogP contribution is 2.26. The number of hydrogen-bond donors (Lipinski definition) is 1. The van der Waals surface area contributed by atoms with E-state index in [4.69, 9.17) is 0 Å². The summed E-state index contributed by atoms with van der Waals surface area (Å²) < 4.78 is 1.17. The van der Waals surface area contributed by atoms with Crippen molar-refractivity contribution in [2.45, 2.75) is 25.7 Å². The molecule has 3 heteroatoms. The molecule has 0 unspecified atom stereocenters. The average molecular weight is 311 g/mol. The van der Waals surface area contributed by atoms with Crippen LogP contribution >= 0.6 is 15.9 Å². The van der Waals surface area contributed by atoms with Crippen LogP contribution in [0.5, 0.6) is 0 Å². The third kappa shape index (κ3) is 3.81. The van der Waals surface area contributed by atoms with Gasteiger partial charge in [0.1, 0.15) is 0 Å². The summed E-state index contributed by atoms with van der Waals surface area (Å²) in [6.45, 7) is 10.5. The average Bonchev–Trinajstić information content (AvgIpc) is 2.57. The minimum absolute atomic E-state index is 0.202. The minimum atomic E-state index is 0.202. The molecule has 1 aliphatic heterocycles. The zero-order valence-electron chi connectivity index (χ0n) is 11.4. The lowest BCUT2D eigenvalue weighted by Crippen LogP contribution is -2.38. The van der Waals surface area contributed by atoms with Crippen molar-refractivity contribution in [1.29, 1.82) is 0 Å². The molecule has 1 heterocycles. The second-order valence-electron chi connectivity index (χ2n) is 5.77. The first-order valence-electron chi connectivity index (χ1n) is 6.77. The lowest BCUT2D eigenvalue weighted by Gasteiger charge is -2.32. The van der Waals surface area contributed by atoms with Crippen LogP contribution in [0.3, 0.4) is 0 Å². The molecule has 1 aromatic rings. The second-order valence-corrected chi connectivity index (χ2v) is 6.69. The fourth-order valence-corrected chi connectivity index (χ4v) is 3.02. The molecule has 1 aliphatic rings. The predicted octanol–water partition coefficient (Wildman–Crippen LogP) is 3.02. The Morgan fingerprint density at radius 3 is 2.89 bits per heavy atom. The van der Waals surface area contributed by atoms with Crippen molar-refractivity contribution < 1.29 is 0 Å². The second kappa shape index (κ2) is 6.18. The van der Waals surface area contributed by atoms with Gasteiger partial charge in [0.25, 0.3) is 0 Å². The summed E-state index contributed by atoms with van der Waals surface area (Å²) in [4.78, 5) is 2.58. The van der Waals surface area contributed by atoms with Crippen LogP contribution < -0.4 is 5.32 Å². The van der Waals surface area contributed by atoms with Crippen LogP contribution in [0.4, 0.5) is 0 Å². The maximum absolute atomic E-state index is 3.57. The van der Waals surface area contributed by atoms with Crippen LogP contribution in [0, 0.1) is 0 Å². The molecule has 1 N–H and O–H groups in total. The molecule has 0 aromatic heterocycles. The van der Waals surface area contributed by atoms with E-state index in [9.17, 15) is 0 Å². The molecule has 2 nitrogen and oxygen atoms in total. The topological polar surface area (TPSA) is 15.3 Å². The molecule has 0 spiro atoms. The first-order chi connectivity index (χ1) is 8.58. The minimum Gasteiger partial charge on any atom is -0.315 e. The van der Waals surface area contributed by atoms with Gasteiger partial charge < -0.3 is 10.2 Å². The van der Waals surface area contributed by atoms with E-state index >= 15 is 0 Å². The highest BCUT2D eigenvalue weighted by Gasteiger charge is 2.24. The van der Waals surface area contributed by atoms with E-state index in [0.717, 1.165) is 26.2 Å². The van der Waals surface area contributed by atoms with Gasteiger partial charge in [0.05, 0.1) is 0 Å². The van der Waals surface area contributed by atoms with Gasteiger partial charge in [0, 0.05) is 29.5 Å². The highest BCUT2D eigenvalue weighted by molar-refractivity contribution is 9.10. The summed E-state index contributed by atoms with van der Waals surface area (Å²) >= 11 is 3.57. The first-order valence-corrected chi connectivity index (χ1v) is 7.56. The van der Waals surface area contributed by atoms with Crippen LogP contribution in [0.1, 0.15) is 25.8 Å². The molecule has 0 atom stereocenters. The standard InChI is InChI=1S/C15H23BrN2/c1-15(2,13-5-3-6-14(16)11-13)12-18-9-4-7-17-8-10-18/h3,5-6,11,17H,4,7-10,12H2,1-2H3. The molecule has 1 saturated heterocycles. The quantitative estimate of drug-likeness (QED) is 0.923. The number of nitrogens with zero attached hydrogens (tertiary/aromatic N) is 1. The van der Waals surface area contributed by atoms with Gasteiger partial charge in [-0.05, 0) is 37.2 Å². The van der Waals surface area contributed by atoms with E-state index < -0.39 is 0 Å². The summed E-state index contributed by atoms with van der Waals surface area (Å²) in [5, 5.41) is 3.46. The molecule has 0 amide bonds. The number of benzene rings is 1. The molecule has 1 fully saturated rings. The summed E-state index contributed by atoms with van der Waals surface area (Å²) in [6, 6.07) is 8.71. The maximum atomic E-state index is 3.57. The molecule has 2 rings (SSSR count). The molecule has 0 bridgehead atoms. The fourth-order valence-electron chi connectivity index (χ4n) is 2.62. The van der Waals surface area contributed by atoms with E-state index in [2.05, 4.69) is 64.3 Å². The summed E-state index contributed by atoms with van der Waals surface area (Å²) in [7, 11) is 0. The van der Waals surface area contributed by atoms with E-state index in [0.29, 0.717) is 0 Å². The Balaban J connectivity index is 2.05. The van der Waals surface area contributed by atoms with Gasteiger partial charge in [0.15, 0.2) is 0 Å². The summed E-state index contributed by atoms with van der Waals surface area (Å²) in [6.07, 6.45) is 1.26. The van der Waals surface area contributed by atoms with E-state index in [1.165, 1.54) is 23.0 Å². The Labute approximate surface area is 119 Å². The number of nitrogens with one attached hydrogen (secondary N) is 1. The highest BCUT2D eigenvalue weighted by atomic mass is 79.9. The van der Waals surface area contributed by atoms with Gasteiger partial charge in [-0.25, -0.2) is 0 Å². The zero-order valence-corrected chi connectivity index (χ0v) is 13.0. The van der Waals surface area contributed by atoms with Crippen LogP contribution in [-0.2, 0) is 5.41 Å². The molecular formula is C15H23BrN2. The Morgan fingerprint density at radius 1 is 1.28 bits per heavy atom. The SMILES string of the molecule is CC(C)(CN1CCCNCC1)c1cccc(Br)c1. The Kier molecular flexibility index (Phi) is 4.82. The lowest BCUT2D eigenvalue weighted by molar-refractivity contribution is 0.237. The molecule has 18 heavy (non-hydrogen) atoms. The van der Waals surface area contributed by atoms with Gasteiger partial charge >= 0.3 is 0 Å². The molecule has 0 aliphatic carbocycles. The third-order valence-corrected chi connectivity index (χ3v) is 4.15. The largest absolute Gasteiger partial charge is 0.315 e. The van der Waals surface area contributed by atoms with Crippen molar-refractivity contribution >= 4 is 15.9 Å². The Bertz CT molecular complexity index is 382. The van der Waals surface area contributed by atoms with Crippen molar-refractivity contribution in [3.8, 4) is 0 Å². The van der Waals surface area contributed by atoms with E-state index in [1.807, 2.05) is 0 Å². The van der Waals surface area contributed by atoms with Gasteiger partial charge in [-0.2, -0.15) is 0 Å². The Morgan fingerprint density at radius 2 is 2.11 bits per heavy atom. The molecule has 0 saturated carbocycles. The molecular weight excluding hydrogens is 288 g/mol. The molecule has 100 valence electrons. The monoisotopic (exact) mass is 310 g/mol. The third-order valence-electron chi connectivity index (χ3n) is 3.66. The number of rotatable bonds is 3. The number of hydrogen-bond acceptors (Lipinski definition) is 2. The summed E-state index contributed by atoms with van der Waals surface area (Å²) in [5.41, 5.74) is 1.61. The van der Waals surface area contributed by atoms with Crippen LogP contribution in [0.2, 0.25) is 0 Å². The van der Waals surface area contributed by atoms with E-state index in [-0.39, 0.29) is 5.41 Å². The summed E-state index contributed by atoms with van der Waals surface area (Å²) in [5.74, 6) is 0. The van der Waals surface area contributed by atoms with Crippen molar-refractivity contribution in [3.63, 3.8) is 0 Å². The van der Waals surface area contributed by atoms with Crippen LogP contribution in [0.15, 0.2) is 28.7 Å². The van der Waals surface area contributed by atoms with Crippen molar-refractivity contribution in [2.24, 2.45) is 0 Å². The normalized spacial score (nSPS) is 18.6. The van der Waals surface area contributed by atoms with Crippen molar-refractivity contribution in [2.75, 3.05) is 32.7 Å². The molecule has 1 aromatic carbocycles. The molecule has 0 radical (unpaired) electrons. The zero-order chi connectivity index (χ0) is 13.0. The lowest BCUT2D eigenvalue weighted by atomic mass is 9.84. The van der Waals surface area contributed by atoms with E-state index in [1.54, 1.807) is 0 Å². The first kappa shape index (κ1) is 14.0. The maximum Gasteiger partial charge on any atom is 0.0178 e. The predicted molar refractivity (Wildman–Crippen MR) is 81.1 cm³/mol.